The molecule has 0 bridgehead atoms. The third-order valence-electron chi connectivity index (χ3n) is 3.03. The maximum atomic E-state index is 13.2. The summed E-state index contributed by atoms with van der Waals surface area (Å²) >= 11 is 0. The lowest BCUT2D eigenvalue weighted by Gasteiger charge is -2.12. The fraction of sp³-hybridized carbons (Fsp3) is 0.308. The van der Waals surface area contributed by atoms with Gasteiger partial charge in [0.05, 0.1) is 11.7 Å². The Bertz CT molecular complexity index is 526. The van der Waals surface area contributed by atoms with Crippen LogP contribution in [0.1, 0.15) is 28.6 Å². The van der Waals surface area contributed by atoms with Crippen LogP contribution >= 0.6 is 0 Å². The molecule has 4 heteroatoms. The van der Waals surface area contributed by atoms with Crippen molar-refractivity contribution in [3.63, 3.8) is 0 Å². The quantitative estimate of drug-likeness (QED) is 0.864. The van der Waals surface area contributed by atoms with Gasteiger partial charge in [0.15, 0.2) is 0 Å². The Hall–Kier alpha value is -1.68. The third-order valence-corrected chi connectivity index (χ3v) is 3.03. The lowest BCUT2D eigenvalue weighted by Crippen LogP contribution is -2.14. The van der Waals surface area contributed by atoms with Gasteiger partial charge in [0.25, 0.3) is 0 Å². The maximum Gasteiger partial charge on any atom is 0.123 e. The van der Waals surface area contributed by atoms with Gasteiger partial charge < -0.3 is 5.73 Å². The van der Waals surface area contributed by atoms with Crippen LogP contribution in [0.15, 0.2) is 24.3 Å². The van der Waals surface area contributed by atoms with Crippen molar-refractivity contribution in [2.45, 2.75) is 19.9 Å². The van der Waals surface area contributed by atoms with Gasteiger partial charge in [0.2, 0.25) is 0 Å². The van der Waals surface area contributed by atoms with Gasteiger partial charge in [-0.25, -0.2) is 4.39 Å². The predicted molar refractivity (Wildman–Crippen MR) is 65.1 cm³/mol. The molecule has 0 saturated carbocycles. The number of nitrogens with zero attached hydrogens (tertiary/aromatic N) is 2. The first-order chi connectivity index (χ1) is 7.99. The second kappa shape index (κ2) is 4.30. The van der Waals surface area contributed by atoms with Crippen molar-refractivity contribution in [2.75, 3.05) is 0 Å². The first-order valence-corrected chi connectivity index (χ1v) is 5.51. The van der Waals surface area contributed by atoms with Crippen LogP contribution in [0.5, 0.6) is 0 Å². The molecule has 2 N–H and O–H groups in total. The highest BCUT2D eigenvalue weighted by atomic mass is 19.1. The Balaban J connectivity index is 2.42. The molecule has 0 aliphatic carbocycles. The Morgan fingerprint density at radius 1 is 1.29 bits per heavy atom. The van der Waals surface area contributed by atoms with Gasteiger partial charge in [-0.1, -0.05) is 6.07 Å². The van der Waals surface area contributed by atoms with E-state index in [1.54, 1.807) is 10.7 Å². The summed E-state index contributed by atoms with van der Waals surface area (Å²) in [6.07, 6.45) is 0. The van der Waals surface area contributed by atoms with E-state index in [9.17, 15) is 4.39 Å². The van der Waals surface area contributed by atoms with Crippen molar-refractivity contribution in [3.05, 3.63) is 52.6 Å². The number of hydrogen-bond acceptors (Lipinski definition) is 2. The monoisotopic (exact) mass is 233 g/mol. The number of rotatable bonds is 2. The number of benzene rings is 1. The topological polar surface area (TPSA) is 43.8 Å². The molecule has 2 rings (SSSR count). The zero-order valence-corrected chi connectivity index (χ0v) is 10.2. The standard InChI is InChI=1S/C13H16FN3/c1-8-4-5-10(14)7-11(8)13(15)12-6-9(2)17(3)16-12/h4-7,13H,15H2,1-3H3. The van der Waals surface area contributed by atoms with Gasteiger partial charge in [0.1, 0.15) is 5.82 Å². The van der Waals surface area contributed by atoms with Crippen LogP contribution in [0.4, 0.5) is 4.39 Å². The molecule has 1 unspecified atom stereocenters. The van der Waals surface area contributed by atoms with Crippen LogP contribution in [0.2, 0.25) is 0 Å². The van der Waals surface area contributed by atoms with E-state index >= 15 is 0 Å². The number of hydrogen-bond donors (Lipinski definition) is 1. The molecule has 0 amide bonds. The maximum absolute atomic E-state index is 13.2. The summed E-state index contributed by atoms with van der Waals surface area (Å²) in [5, 5.41) is 4.33. The highest BCUT2D eigenvalue weighted by Crippen LogP contribution is 2.22. The summed E-state index contributed by atoms with van der Waals surface area (Å²) in [6.45, 7) is 3.88. The lowest BCUT2D eigenvalue weighted by atomic mass is 9.99. The molecule has 0 fully saturated rings. The Labute approximate surface area is 100 Å². The van der Waals surface area contributed by atoms with Crippen LogP contribution in [0.25, 0.3) is 0 Å². The predicted octanol–water partition coefficient (Wildman–Crippen LogP) is 2.22. The van der Waals surface area contributed by atoms with Crippen LogP contribution in [-0.2, 0) is 7.05 Å². The minimum absolute atomic E-state index is 0.270. The van der Waals surface area contributed by atoms with E-state index in [1.807, 2.05) is 27.0 Å². The summed E-state index contributed by atoms with van der Waals surface area (Å²) in [5.74, 6) is -0.270. The number of aryl methyl sites for hydroxylation is 3. The molecule has 1 heterocycles. The van der Waals surface area contributed by atoms with Crippen LogP contribution < -0.4 is 5.73 Å². The molecular weight excluding hydrogens is 217 g/mol. The fourth-order valence-corrected chi connectivity index (χ4v) is 1.85. The average molecular weight is 233 g/mol. The van der Waals surface area contributed by atoms with E-state index in [0.717, 1.165) is 22.5 Å². The van der Waals surface area contributed by atoms with Crippen LogP contribution in [0, 0.1) is 19.7 Å². The molecule has 17 heavy (non-hydrogen) atoms. The molecule has 90 valence electrons. The van der Waals surface area contributed by atoms with E-state index in [0.29, 0.717) is 0 Å². The van der Waals surface area contributed by atoms with Crippen molar-refractivity contribution in [1.82, 2.24) is 9.78 Å². The minimum Gasteiger partial charge on any atom is -0.319 e. The Kier molecular flexibility index (Phi) is 2.98. The fourth-order valence-electron chi connectivity index (χ4n) is 1.85. The summed E-state index contributed by atoms with van der Waals surface area (Å²) in [4.78, 5) is 0. The lowest BCUT2D eigenvalue weighted by molar-refractivity contribution is 0.621. The summed E-state index contributed by atoms with van der Waals surface area (Å²) in [5.41, 5.74) is 9.68. The number of aromatic nitrogens is 2. The van der Waals surface area contributed by atoms with Gasteiger partial charge in [-0.05, 0) is 43.2 Å². The van der Waals surface area contributed by atoms with E-state index in [-0.39, 0.29) is 11.9 Å². The second-order valence-electron chi connectivity index (χ2n) is 4.31. The number of halogens is 1. The van der Waals surface area contributed by atoms with Crippen molar-refractivity contribution >= 4 is 0 Å². The van der Waals surface area contributed by atoms with Crippen molar-refractivity contribution in [2.24, 2.45) is 12.8 Å². The molecular formula is C13H16FN3. The first kappa shape index (κ1) is 11.8. The summed E-state index contributed by atoms with van der Waals surface area (Å²) in [7, 11) is 1.87. The molecule has 0 aliphatic rings. The number of nitrogens with two attached hydrogens (primary N) is 1. The van der Waals surface area contributed by atoms with Gasteiger partial charge in [0, 0.05) is 12.7 Å². The largest absolute Gasteiger partial charge is 0.319 e. The van der Waals surface area contributed by atoms with E-state index in [4.69, 9.17) is 5.73 Å². The molecule has 2 aromatic rings. The Morgan fingerprint density at radius 2 is 2.00 bits per heavy atom. The average Bonchev–Trinajstić information content (AvgIpc) is 2.62. The van der Waals surface area contributed by atoms with Crippen LogP contribution in [-0.4, -0.2) is 9.78 Å². The third kappa shape index (κ3) is 2.22. The molecule has 3 nitrogen and oxygen atoms in total. The highest BCUT2D eigenvalue weighted by Gasteiger charge is 2.15. The van der Waals surface area contributed by atoms with Crippen molar-refractivity contribution in [1.29, 1.82) is 0 Å². The van der Waals surface area contributed by atoms with Gasteiger partial charge in [-0.15, -0.1) is 0 Å². The zero-order valence-electron chi connectivity index (χ0n) is 10.2. The zero-order chi connectivity index (χ0) is 12.6. The SMILES string of the molecule is Cc1ccc(F)cc1C(N)c1cc(C)n(C)n1. The normalized spacial score (nSPS) is 12.8. The summed E-state index contributed by atoms with van der Waals surface area (Å²) in [6, 6.07) is 6.19. The molecule has 0 aliphatic heterocycles. The second-order valence-corrected chi connectivity index (χ2v) is 4.31. The van der Waals surface area contributed by atoms with E-state index in [2.05, 4.69) is 5.10 Å². The minimum atomic E-state index is -0.384. The summed E-state index contributed by atoms with van der Waals surface area (Å²) < 4.78 is 15.0. The van der Waals surface area contributed by atoms with E-state index < -0.39 is 0 Å². The van der Waals surface area contributed by atoms with Gasteiger partial charge >= 0.3 is 0 Å². The van der Waals surface area contributed by atoms with Gasteiger partial charge in [-0.2, -0.15) is 5.10 Å². The van der Waals surface area contributed by atoms with Gasteiger partial charge in [-0.3, -0.25) is 4.68 Å². The van der Waals surface area contributed by atoms with Crippen molar-refractivity contribution < 1.29 is 4.39 Å². The molecule has 1 aromatic carbocycles. The highest BCUT2D eigenvalue weighted by molar-refractivity contribution is 5.34. The Morgan fingerprint density at radius 3 is 2.59 bits per heavy atom. The smallest absolute Gasteiger partial charge is 0.123 e. The molecule has 0 saturated heterocycles. The molecule has 1 atom stereocenters. The molecule has 0 radical (unpaired) electrons. The molecule has 0 spiro atoms. The first-order valence-electron chi connectivity index (χ1n) is 5.51. The molecule has 1 aromatic heterocycles. The van der Waals surface area contributed by atoms with Crippen LogP contribution in [0.3, 0.4) is 0 Å². The van der Waals surface area contributed by atoms with E-state index in [1.165, 1.54) is 12.1 Å². The van der Waals surface area contributed by atoms with Crippen molar-refractivity contribution in [3.8, 4) is 0 Å².